The zero-order chi connectivity index (χ0) is 9.14. The van der Waals surface area contributed by atoms with E-state index in [1.165, 1.54) is 7.11 Å². The lowest BCUT2D eigenvalue weighted by Crippen LogP contribution is -1.90. The second-order valence-electron chi connectivity index (χ2n) is 2.45. The van der Waals surface area contributed by atoms with E-state index < -0.39 is 0 Å². The fourth-order valence-electron chi connectivity index (χ4n) is 0.983. The van der Waals surface area contributed by atoms with Gasteiger partial charge in [0, 0.05) is 11.1 Å². The number of aldehydes is 1. The molecule has 1 aromatic rings. The third-order valence-corrected chi connectivity index (χ3v) is 1.78. The lowest BCUT2D eigenvalue weighted by molar-refractivity contribution is 0.112. The largest absolute Gasteiger partial charge is 0.504 e. The van der Waals surface area contributed by atoms with E-state index in [1.54, 1.807) is 19.1 Å². The van der Waals surface area contributed by atoms with Crippen LogP contribution < -0.4 is 4.74 Å². The summed E-state index contributed by atoms with van der Waals surface area (Å²) in [6.07, 6.45) is 0.703. The van der Waals surface area contributed by atoms with Gasteiger partial charge in [0.1, 0.15) is 6.29 Å². The van der Waals surface area contributed by atoms with Crippen LogP contribution in [0.1, 0.15) is 15.9 Å². The van der Waals surface area contributed by atoms with Crippen molar-refractivity contribution in [3.05, 3.63) is 23.3 Å². The standard InChI is InChI=1S/C9H10O3/c1-6-7(5-10)3-4-8(12-2)9(6)11/h3-5,11H,1-2H3. The van der Waals surface area contributed by atoms with Crippen LogP contribution in [-0.2, 0) is 0 Å². The van der Waals surface area contributed by atoms with Gasteiger partial charge < -0.3 is 9.84 Å². The molecule has 1 aromatic carbocycles. The molecule has 0 amide bonds. The number of hydrogen-bond donors (Lipinski definition) is 1. The Hall–Kier alpha value is -1.51. The Labute approximate surface area is 70.6 Å². The van der Waals surface area contributed by atoms with Gasteiger partial charge in [-0.25, -0.2) is 0 Å². The summed E-state index contributed by atoms with van der Waals surface area (Å²) in [6, 6.07) is 3.17. The molecule has 0 spiro atoms. The summed E-state index contributed by atoms with van der Waals surface area (Å²) in [5.74, 6) is 0.417. The molecule has 0 saturated heterocycles. The van der Waals surface area contributed by atoms with Crippen molar-refractivity contribution >= 4 is 6.29 Å². The monoisotopic (exact) mass is 166 g/mol. The maximum atomic E-state index is 10.4. The normalized spacial score (nSPS) is 9.50. The van der Waals surface area contributed by atoms with E-state index in [0.29, 0.717) is 23.2 Å². The summed E-state index contributed by atoms with van der Waals surface area (Å²) >= 11 is 0. The summed E-state index contributed by atoms with van der Waals surface area (Å²) < 4.78 is 4.86. The van der Waals surface area contributed by atoms with Gasteiger partial charge in [0.05, 0.1) is 7.11 Å². The van der Waals surface area contributed by atoms with Crippen molar-refractivity contribution in [1.29, 1.82) is 0 Å². The molecule has 0 heterocycles. The average molecular weight is 166 g/mol. The maximum absolute atomic E-state index is 10.4. The number of ether oxygens (including phenoxy) is 1. The lowest BCUT2D eigenvalue weighted by Gasteiger charge is -2.06. The Morgan fingerprint density at radius 2 is 2.17 bits per heavy atom. The van der Waals surface area contributed by atoms with E-state index in [0.717, 1.165) is 0 Å². The van der Waals surface area contributed by atoms with Crippen LogP contribution in [0.3, 0.4) is 0 Å². The molecule has 64 valence electrons. The number of carbonyl (C=O) groups is 1. The van der Waals surface area contributed by atoms with Crippen molar-refractivity contribution in [2.45, 2.75) is 6.92 Å². The van der Waals surface area contributed by atoms with Gasteiger partial charge >= 0.3 is 0 Å². The highest BCUT2D eigenvalue weighted by atomic mass is 16.5. The van der Waals surface area contributed by atoms with E-state index in [9.17, 15) is 9.90 Å². The molecule has 1 N–H and O–H groups in total. The summed E-state index contributed by atoms with van der Waals surface area (Å²) in [5.41, 5.74) is 1.03. The van der Waals surface area contributed by atoms with Gasteiger partial charge in [-0.15, -0.1) is 0 Å². The summed E-state index contributed by atoms with van der Waals surface area (Å²) in [6.45, 7) is 1.67. The van der Waals surface area contributed by atoms with Crippen LogP contribution in [0.25, 0.3) is 0 Å². The molecule has 0 aliphatic heterocycles. The smallest absolute Gasteiger partial charge is 0.161 e. The topological polar surface area (TPSA) is 46.5 Å². The van der Waals surface area contributed by atoms with E-state index in [-0.39, 0.29) is 5.75 Å². The molecule has 1 rings (SSSR count). The van der Waals surface area contributed by atoms with Gasteiger partial charge in [0.25, 0.3) is 0 Å². The van der Waals surface area contributed by atoms with E-state index in [4.69, 9.17) is 4.74 Å². The van der Waals surface area contributed by atoms with E-state index in [2.05, 4.69) is 0 Å². The molecule has 0 unspecified atom stereocenters. The number of hydrogen-bond acceptors (Lipinski definition) is 3. The Morgan fingerprint density at radius 1 is 1.50 bits per heavy atom. The number of methoxy groups -OCH3 is 1. The first-order chi connectivity index (χ1) is 5.70. The molecule has 0 aliphatic carbocycles. The number of rotatable bonds is 2. The molecular weight excluding hydrogens is 156 g/mol. The van der Waals surface area contributed by atoms with Crippen LogP contribution in [0.5, 0.6) is 11.5 Å². The Kier molecular flexibility index (Phi) is 2.33. The van der Waals surface area contributed by atoms with Crippen molar-refractivity contribution < 1.29 is 14.6 Å². The number of phenolic OH excluding ortho intramolecular Hbond substituents is 1. The first-order valence-electron chi connectivity index (χ1n) is 3.52. The summed E-state index contributed by atoms with van der Waals surface area (Å²) in [5, 5.41) is 9.43. The Balaban J connectivity index is 3.29. The van der Waals surface area contributed by atoms with Gasteiger partial charge in [0.15, 0.2) is 11.5 Å². The highest BCUT2D eigenvalue weighted by Gasteiger charge is 2.07. The zero-order valence-corrected chi connectivity index (χ0v) is 7.00. The molecule has 0 aliphatic rings. The second-order valence-corrected chi connectivity index (χ2v) is 2.45. The SMILES string of the molecule is COc1ccc(C=O)c(C)c1O. The molecule has 0 aromatic heterocycles. The van der Waals surface area contributed by atoms with Crippen molar-refractivity contribution in [3.63, 3.8) is 0 Å². The van der Waals surface area contributed by atoms with Crippen molar-refractivity contribution in [2.75, 3.05) is 7.11 Å². The van der Waals surface area contributed by atoms with Crippen LogP contribution in [0, 0.1) is 6.92 Å². The van der Waals surface area contributed by atoms with Crippen LogP contribution in [-0.4, -0.2) is 18.5 Å². The Morgan fingerprint density at radius 3 is 2.67 bits per heavy atom. The number of aromatic hydroxyl groups is 1. The molecule has 0 fully saturated rings. The number of benzene rings is 1. The summed E-state index contributed by atoms with van der Waals surface area (Å²) in [4.78, 5) is 10.4. The molecular formula is C9H10O3. The molecule has 3 nitrogen and oxygen atoms in total. The molecule has 3 heteroatoms. The van der Waals surface area contributed by atoms with Crippen LogP contribution in [0.15, 0.2) is 12.1 Å². The Bertz CT molecular complexity index is 305. The number of carbonyl (C=O) groups excluding carboxylic acids is 1. The quantitative estimate of drug-likeness (QED) is 0.677. The first kappa shape index (κ1) is 8.59. The van der Waals surface area contributed by atoms with Crippen molar-refractivity contribution in [1.82, 2.24) is 0 Å². The van der Waals surface area contributed by atoms with E-state index in [1.807, 2.05) is 0 Å². The van der Waals surface area contributed by atoms with Crippen LogP contribution >= 0.6 is 0 Å². The lowest BCUT2D eigenvalue weighted by atomic mass is 10.1. The molecule has 0 radical (unpaired) electrons. The average Bonchev–Trinajstić information content (AvgIpc) is 2.10. The highest BCUT2D eigenvalue weighted by Crippen LogP contribution is 2.30. The van der Waals surface area contributed by atoms with Gasteiger partial charge in [-0.05, 0) is 19.1 Å². The third kappa shape index (κ3) is 1.25. The minimum absolute atomic E-state index is 0.0297. The molecule has 12 heavy (non-hydrogen) atoms. The predicted molar refractivity (Wildman–Crippen MR) is 44.8 cm³/mol. The molecule has 0 atom stereocenters. The predicted octanol–water partition coefficient (Wildman–Crippen LogP) is 1.52. The van der Waals surface area contributed by atoms with Crippen molar-refractivity contribution in [3.8, 4) is 11.5 Å². The zero-order valence-electron chi connectivity index (χ0n) is 7.00. The first-order valence-corrected chi connectivity index (χ1v) is 3.52. The van der Waals surface area contributed by atoms with Gasteiger partial charge in [-0.2, -0.15) is 0 Å². The van der Waals surface area contributed by atoms with Crippen LogP contribution in [0.4, 0.5) is 0 Å². The van der Waals surface area contributed by atoms with Gasteiger partial charge in [-0.3, -0.25) is 4.79 Å². The minimum Gasteiger partial charge on any atom is -0.504 e. The molecule has 0 saturated carbocycles. The highest BCUT2D eigenvalue weighted by molar-refractivity contribution is 5.79. The summed E-state index contributed by atoms with van der Waals surface area (Å²) in [7, 11) is 1.47. The maximum Gasteiger partial charge on any atom is 0.161 e. The minimum atomic E-state index is 0.0297. The van der Waals surface area contributed by atoms with E-state index >= 15 is 0 Å². The fourth-order valence-corrected chi connectivity index (χ4v) is 0.983. The second kappa shape index (κ2) is 3.26. The number of phenols is 1. The third-order valence-electron chi connectivity index (χ3n) is 1.78. The van der Waals surface area contributed by atoms with Gasteiger partial charge in [0.2, 0.25) is 0 Å². The van der Waals surface area contributed by atoms with Gasteiger partial charge in [-0.1, -0.05) is 0 Å². The fraction of sp³-hybridized carbons (Fsp3) is 0.222. The van der Waals surface area contributed by atoms with Crippen molar-refractivity contribution in [2.24, 2.45) is 0 Å². The van der Waals surface area contributed by atoms with Crippen LogP contribution in [0.2, 0.25) is 0 Å². The molecule has 0 bridgehead atoms.